The van der Waals surface area contributed by atoms with Crippen LogP contribution in [-0.2, 0) is 4.79 Å². The SMILES string of the molecule is CCCN(C(=O)[C@H]1CCCN1)C1CC1. The van der Waals surface area contributed by atoms with E-state index in [1.807, 2.05) is 0 Å². The molecule has 0 spiro atoms. The smallest absolute Gasteiger partial charge is 0.239 e. The number of nitrogens with one attached hydrogen (secondary N) is 1. The standard InChI is InChI=1S/C11H20N2O/c1-2-8-13(9-5-6-9)11(14)10-4-3-7-12-10/h9-10,12H,2-8H2,1H3/t10-/m1/s1. The number of nitrogens with zero attached hydrogens (tertiary/aromatic N) is 1. The Morgan fingerprint density at radius 3 is 2.71 bits per heavy atom. The molecule has 3 nitrogen and oxygen atoms in total. The highest BCUT2D eigenvalue weighted by atomic mass is 16.2. The van der Waals surface area contributed by atoms with Crippen LogP contribution in [-0.4, -0.2) is 36.0 Å². The highest BCUT2D eigenvalue weighted by Crippen LogP contribution is 2.28. The van der Waals surface area contributed by atoms with E-state index in [9.17, 15) is 4.79 Å². The van der Waals surface area contributed by atoms with E-state index in [4.69, 9.17) is 0 Å². The van der Waals surface area contributed by atoms with E-state index >= 15 is 0 Å². The summed E-state index contributed by atoms with van der Waals surface area (Å²) >= 11 is 0. The highest BCUT2D eigenvalue weighted by molar-refractivity contribution is 5.82. The minimum Gasteiger partial charge on any atom is -0.338 e. The van der Waals surface area contributed by atoms with Crippen LogP contribution in [0.1, 0.15) is 39.0 Å². The summed E-state index contributed by atoms with van der Waals surface area (Å²) < 4.78 is 0. The van der Waals surface area contributed by atoms with Crippen molar-refractivity contribution in [3.8, 4) is 0 Å². The molecule has 1 heterocycles. The number of hydrogen-bond donors (Lipinski definition) is 1. The normalized spacial score (nSPS) is 26.5. The summed E-state index contributed by atoms with van der Waals surface area (Å²) in [6.45, 7) is 4.10. The predicted molar refractivity (Wildman–Crippen MR) is 56.1 cm³/mol. The number of carbonyl (C=O) groups excluding carboxylic acids is 1. The third-order valence-electron chi connectivity index (χ3n) is 3.09. The molecule has 0 aromatic heterocycles. The molecule has 1 atom stereocenters. The first-order chi connectivity index (χ1) is 6.83. The summed E-state index contributed by atoms with van der Waals surface area (Å²) in [5, 5.41) is 3.29. The maximum atomic E-state index is 12.1. The molecule has 1 aliphatic carbocycles. The van der Waals surface area contributed by atoms with Crippen LogP contribution in [0.2, 0.25) is 0 Å². The van der Waals surface area contributed by atoms with Gasteiger partial charge in [0.15, 0.2) is 0 Å². The van der Waals surface area contributed by atoms with Crippen LogP contribution < -0.4 is 5.32 Å². The molecular weight excluding hydrogens is 176 g/mol. The van der Waals surface area contributed by atoms with Crippen molar-refractivity contribution in [3.05, 3.63) is 0 Å². The zero-order valence-electron chi connectivity index (χ0n) is 8.96. The Morgan fingerprint density at radius 1 is 1.43 bits per heavy atom. The fourth-order valence-corrected chi connectivity index (χ4v) is 2.20. The monoisotopic (exact) mass is 196 g/mol. The lowest BCUT2D eigenvalue weighted by molar-refractivity contribution is -0.133. The molecule has 80 valence electrons. The van der Waals surface area contributed by atoms with Gasteiger partial charge in [0.2, 0.25) is 5.91 Å². The maximum absolute atomic E-state index is 12.1. The molecule has 1 aliphatic heterocycles. The lowest BCUT2D eigenvalue weighted by Crippen LogP contribution is -2.45. The zero-order valence-corrected chi connectivity index (χ0v) is 8.96. The van der Waals surface area contributed by atoms with Gasteiger partial charge in [-0.05, 0) is 38.6 Å². The molecule has 3 heteroatoms. The summed E-state index contributed by atoms with van der Waals surface area (Å²) in [6.07, 6.45) is 5.71. The van der Waals surface area contributed by atoms with Crippen molar-refractivity contribution >= 4 is 5.91 Å². The molecule has 1 N–H and O–H groups in total. The van der Waals surface area contributed by atoms with E-state index in [2.05, 4.69) is 17.1 Å². The minimum absolute atomic E-state index is 0.127. The Morgan fingerprint density at radius 2 is 2.21 bits per heavy atom. The van der Waals surface area contributed by atoms with Crippen LogP contribution in [0.15, 0.2) is 0 Å². The molecule has 0 unspecified atom stereocenters. The van der Waals surface area contributed by atoms with Gasteiger partial charge in [-0.2, -0.15) is 0 Å². The van der Waals surface area contributed by atoms with E-state index in [1.165, 1.54) is 12.8 Å². The van der Waals surface area contributed by atoms with E-state index in [1.54, 1.807) is 0 Å². The Kier molecular flexibility index (Phi) is 3.06. The topological polar surface area (TPSA) is 32.3 Å². The van der Waals surface area contributed by atoms with Crippen LogP contribution in [0.5, 0.6) is 0 Å². The second-order valence-corrected chi connectivity index (χ2v) is 4.41. The first kappa shape index (κ1) is 9.97. The lowest BCUT2D eigenvalue weighted by atomic mass is 10.2. The van der Waals surface area contributed by atoms with Crippen LogP contribution >= 0.6 is 0 Å². The Balaban J connectivity index is 1.91. The minimum atomic E-state index is 0.127. The summed E-state index contributed by atoms with van der Waals surface area (Å²) in [6, 6.07) is 0.701. The average Bonchev–Trinajstić information content (AvgIpc) is 2.88. The van der Waals surface area contributed by atoms with Gasteiger partial charge >= 0.3 is 0 Å². The van der Waals surface area contributed by atoms with Crippen molar-refractivity contribution in [2.75, 3.05) is 13.1 Å². The van der Waals surface area contributed by atoms with Crippen LogP contribution in [0.4, 0.5) is 0 Å². The van der Waals surface area contributed by atoms with Crippen molar-refractivity contribution in [1.29, 1.82) is 0 Å². The number of hydrogen-bond acceptors (Lipinski definition) is 2. The van der Waals surface area contributed by atoms with Gasteiger partial charge in [-0.25, -0.2) is 0 Å². The molecule has 0 radical (unpaired) electrons. The molecule has 0 aromatic carbocycles. The quantitative estimate of drug-likeness (QED) is 0.731. The van der Waals surface area contributed by atoms with Crippen molar-refractivity contribution in [2.45, 2.75) is 51.1 Å². The number of amides is 1. The van der Waals surface area contributed by atoms with Crippen molar-refractivity contribution in [2.24, 2.45) is 0 Å². The van der Waals surface area contributed by atoms with Gasteiger partial charge < -0.3 is 10.2 Å². The molecule has 0 aromatic rings. The second-order valence-electron chi connectivity index (χ2n) is 4.41. The average molecular weight is 196 g/mol. The van der Waals surface area contributed by atoms with E-state index in [-0.39, 0.29) is 6.04 Å². The molecule has 1 amide bonds. The van der Waals surface area contributed by atoms with Gasteiger partial charge in [0.1, 0.15) is 0 Å². The Labute approximate surface area is 85.8 Å². The van der Waals surface area contributed by atoms with E-state index in [0.29, 0.717) is 11.9 Å². The fraction of sp³-hybridized carbons (Fsp3) is 0.909. The molecule has 1 saturated carbocycles. The molecule has 0 bridgehead atoms. The predicted octanol–water partition coefficient (Wildman–Crippen LogP) is 1.14. The summed E-state index contributed by atoms with van der Waals surface area (Å²) in [4.78, 5) is 14.2. The molecule has 2 fully saturated rings. The first-order valence-electron chi connectivity index (χ1n) is 5.86. The van der Waals surface area contributed by atoms with Gasteiger partial charge in [0, 0.05) is 12.6 Å². The lowest BCUT2D eigenvalue weighted by Gasteiger charge is -2.25. The van der Waals surface area contributed by atoms with Gasteiger partial charge in [-0.1, -0.05) is 6.92 Å². The molecule has 1 saturated heterocycles. The Hall–Kier alpha value is -0.570. The zero-order chi connectivity index (χ0) is 9.97. The second kappa shape index (κ2) is 4.30. The van der Waals surface area contributed by atoms with Crippen molar-refractivity contribution < 1.29 is 4.79 Å². The van der Waals surface area contributed by atoms with Crippen molar-refractivity contribution in [1.82, 2.24) is 10.2 Å². The van der Waals surface area contributed by atoms with E-state index in [0.717, 1.165) is 32.4 Å². The van der Waals surface area contributed by atoms with Gasteiger partial charge in [-0.3, -0.25) is 4.79 Å². The summed E-state index contributed by atoms with van der Waals surface area (Å²) in [5.74, 6) is 0.354. The number of rotatable bonds is 4. The highest BCUT2D eigenvalue weighted by Gasteiger charge is 2.35. The molecule has 2 rings (SSSR count). The molecular formula is C11H20N2O. The fourth-order valence-electron chi connectivity index (χ4n) is 2.20. The molecule has 14 heavy (non-hydrogen) atoms. The van der Waals surface area contributed by atoms with Gasteiger partial charge in [0.25, 0.3) is 0 Å². The number of carbonyl (C=O) groups is 1. The van der Waals surface area contributed by atoms with Crippen LogP contribution in [0.3, 0.4) is 0 Å². The van der Waals surface area contributed by atoms with E-state index < -0.39 is 0 Å². The maximum Gasteiger partial charge on any atom is 0.239 e. The third-order valence-corrected chi connectivity index (χ3v) is 3.09. The third kappa shape index (κ3) is 2.08. The van der Waals surface area contributed by atoms with Crippen molar-refractivity contribution in [3.63, 3.8) is 0 Å². The Bertz CT molecular complexity index is 207. The van der Waals surface area contributed by atoms with Crippen LogP contribution in [0, 0.1) is 0 Å². The summed E-state index contributed by atoms with van der Waals surface area (Å²) in [7, 11) is 0. The largest absolute Gasteiger partial charge is 0.338 e. The van der Waals surface area contributed by atoms with Gasteiger partial charge in [0.05, 0.1) is 6.04 Å². The van der Waals surface area contributed by atoms with Crippen LogP contribution in [0.25, 0.3) is 0 Å². The molecule has 2 aliphatic rings. The first-order valence-corrected chi connectivity index (χ1v) is 5.86. The van der Waals surface area contributed by atoms with Gasteiger partial charge in [-0.15, -0.1) is 0 Å². The summed E-state index contributed by atoms with van der Waals surface area (Å²) in [5.41, 5.74) is 0.